The zero-order valence-corrected chi connectivity index (χ0v) is 28.7. The Kier molecular flexibility index (Phi) is 38.7. The molecule has 0 atom stereocenters. The van der Waals surface area contributed by atoms with Gasteiger partial charge in [0, 0.05) is 0 Å². The Morgan fingerprint density at radius 3 is 0.538 bits per heavy atom. The van der Waals surface area contributed by atoms with Gasteiger partial charge in [0.2, 0.25) is 0 Å². The summed E-state index contributed by atoms with van der Waals surface area (Å²) in [6, 6.07) is 0. The predicted octanol–water partition coefficient (Wildman–Crippen LogP) is 15.0. The molecule has 0 aliphatic heterocycles. The summed E-state index contributed by atoms with van der Waals surface area (Å²) in [7, 11) is 0. The molecule has 0 radical (unpaired) electrons. The lowest BCUT2D eigenvalue weighted by molar-refractivity contribution is 0.526. The summed E-state index contributed by atoms with van der Waals surface area (Å²) in [6.07, 6.45) is 50.2. The van der Waals surface area contributed by atoms with Gasteiger partial charge in [0.05, 0.1) is 0 Å². The molecule has 39 heavy (non-hydrogen) atoms. The predicted molar refractivity (Wildman–Crippen MR) is 186 cm³/mol. The Morgan fingerprint density at radius 2 is 0.359 bits per heavy atom. The Hall–Kier alpha value is 0.350. The van der Waals surface area contributed by atoms with Crippen molar-refractivity contribution in [3.8, 4) is 0 Å². The van der Waals surface area contributed by atoms with E-state index in [0.717, 1.165) is 0 Å². The van der Waals surface area contributed by atoms with Gasteiger partial charge in [-0.15, -0.1) is 0 Å². The third kappa shape index (κ3) is 38.4. The number of hydrogen-bond acceptors (Lipinski definition) is 1. The van der Waals surface area contributed by atoms with Crippen LogP contribution in [0, 0.1) is 0 Å². The van der Waals surface area contributed by atoms with Crippen LogP contribution < -0.4 is 0 Å². The van der Waals surface area contributed by atoms with E-state index in [-0.39, 0.29) is 0 Å². The highest BCUT2D eigenvalue weighted by Crippen LogP contribution is 2.17. The van der Waals surface area contributed by atoms with Crippen molar-refractivity contribution in [3.63, 3.8) is 0 Å². The minimum Gasteiger partial charge on any atom is -0.162 e. The van der Waals surface area contributed by atoms with Gasteiger partial charge in [-0.3, -0.25) is 0 Å². The number of unbranched alkanes of at least 4 members (excludes halogenated alkanes) is 32. The molecule has 0 heterocycles. The molecule has 1 heteroatoms. The Balaban J connectivity index is 3.01. The van der Waals surface area contributed by atoms with Gasteiger partial charge in [-0.05, 0) is 24.3 Å². The van der Waals surface area contributed by atoms with Crippen molar-refractivity contribution < 1.29 is 0 Å². The zero-order chi connectivity index (χ0) is 28.2. The first-order chi connectivity index (χ1) is 19.4. The van der Waals surface area contributed by atoms with Crippen LogP contribution in [0.15, 0.2) is 0 Å². The second-order valence-corrected chi connectivity index (χ2v) is 14.2. The molecule has 0 saturated heterocycles. The van der Waals surface area contributed by atoms with Gasteiger partial charge >= 0.3 is 0 Å². The van der Waals surface area contributed by atoms with Crippen molar-refractivity contribution in [3.05, 3.63) is 0 Å². The van der Waals surface area contributed by atoms with E-state index in [0.29, 0.717) is 0 Å². The number of hydrogen-bond donors (Lipinski definition) is 0. The van der Waals surface area contributed by atoms with E-state index in [9.17, 15) is 0 Å². The van der Waals surface area contributed by atoms with E-state index >= 15 is 0 Å². The fourth-order valence-electron chi connectivity index (χ4n) is 5.96. The van der Waals surface area contributed by atoms with Crippen LogP contribution in [-0.4, -0.2) is 11.5 Å². The van der Waals surface area contributed by atoms with Crippen LogP contribution >= 0.6 is 11.8 Å². The first kappa shape index (κ1) is 39.4. The SMILES string of the molecule is CCCCCCCCCCCCCCCCCCCCSCCCCCCCCCCCCCCCCCC. The van der Waals surface area contributed by atoms with Crippen LogP contribution in [0.3, 0.4) is 0 Å². The summed E-state index contributed by atoms with van der Waals surface area (Å²) in [6.45, 7) is 4.62. The topological polar surface area (TPSA) is 0 Å². The molecule has 236 valence electrons. The highest BCUT2D eigenvalue weighted by Gasteiger charge is 1.97. The average Bonchev–Trinajstić information content (AvgIpc) is 2.95. The Bertz CT molecular complexity index is 356. The maximum atomic E-state index is 2.31. The van der Waals surface area contributed by atoms with E-state index in [1.807, 2.05) is 0 Å². The normalized spacial score (nSPS) is 11.5. The number of rotatable bonds is 36. The number of thioether (sulfide) groups is 1. The molecule has 0 unspecified atom stereocenters. The quantitative estimate of drug-likeness (QED) is 0.0679. The Labute approximate surface area is 254 Å². The summed E-state index contributed by atoms with van der Waals surface area (Å²) in [5.74, 6) is 2.83. The lowest BCUT2D eigenvalue weighted by Gasteiger charge is -2.05. The van der Waals surface area contributed by atoms with Crippen molar-refractivity contribution >= 4 is 11.8 Å². The first-order valence-corrected chi connectivity index (χ1v) is 20.1. The summed E-state index contributed by atoms with van der Waals surface area (Å²) in [5, 5.41) is 0. The van der Waals surface area contributed by atoms with Crippen LogP contribution in [0.5, 0.6) is 0 Å². The van der Waals surface area contributed by atoms with Crippen molar-refractivity contribution in [1.29, 1.82) is 0 Å². The molecule has 0 fully saturated rings. The standard InChI is InChI=1S/C38H78S/c1-3-5-7-9-11-13-15-17-19-21-22-24-26-28-30-32-34-36-38-39-37-35-33-31-29-27-25-23-20-18-16-14-12-10-8-6-4-2/h3-38H2,1-2H3. The molecular weight excluding hydrogens is 488 g/mol. The molecule has 0 aliphatic carbocycles. The molecular formula is C38H78S. The first-order valence-electron chi connectivity index (χ1n) is 19.0. The molecule has 0 N–H and O–H groups in total. The average molecular weight is 567 g/mol. The van der Waals surface area contributed by atoms with Crippen molar-refractivity contribution in [2.24, 2.45) is 0 Å². The van der Waals surface area contributed by atoms with E-state index in [2.05, 4.69) is 25.6 Å². The van der Waals surface area contributed by atoms with Crippen LogP contribution in [0.4, 0.5) is 0 Å². The third-order valence-electron chi connectivity index (χ3n) is 8.78. The van der Waals surface area contributed by atoms with Crippen molar-refractivity contribution in [2.45, 2.75) is 232 Å². The van der Waals surface area contributed by atoms with Gasteiger partial charge in [0.1, 0.15) is 0 Å². The fourth-order valence-corrected chi connectivity index (χ4v) is 6.98. The summed E-state index contributed by atoms with van der Waals surface area (Å²) in [4.78, 5) is 0. The molecule has 0 aromatic heterocycles. The molecule has 0 nitrogen and oxygen atoms in total. The van der Waals surface area contributed by atoms with E-state index in [1.54, 1.807) is 0 Å². The van der Waals surface area contributed by atoms with E-state index in [4.69, 9.17) is 0 Å². The maximum absolute atomic E-state index is 2.31. The minimum absolute atomic E-state index is 1.37. The lowest BCUT2D eigenvalue weighted by Crippen LogP contribution is -1.87. The monoisotopic (exact) mass is 567 g/mol. The van der Waals surface area contributed by atoms with Crippen LogP contribution in [0.25, 0.3) is 0 Å². The highest BCUT2D eigenvalue weighted by atomic mass is 32.2. The summed E-state index contributed by atoms with van der Waals surface area (Å²) >= 11 is 2.23. The smallest absolute Gasteiger partial charge is 0.00675 e. The summed E-state index contributed by atoms with van der Waals surface area (Å²) in [5.41, 5.74) is 0. The molecule has 0 spiro atoms. The Morgan fingerprint density at radius 1 is 0.205 bits per heavy atom. The second kappa shape index (κ2) is 38.4. The van der Waals surface area contributed by atoms with Crippen LogP contribution in [0.1, 0.15) is 232 Å². The fraction of sp³-hybridized carbons (Fsp3) is 1.00. The van der Waals surface area contributed by atoms with Gasteiger partial charge in [0.25, 0.3) is 0 Å². The van der Waals surface area contributed by atoms with Gasteiger partial charge in [-0.2, -0.15) is 11.8 Å². The van der Waals surface area contributed by atoms with E-state index < -0.39 is 0 Å². The molecule has 0 rings (SSSR count). The van der Waals surface area contributed by atoms with Crippen LogP contribution in [-0.2, 0) is 0 Å². The molecule has 0 bridgehead atoms. The molecule has 0 aliphatic rings. The van der Waals surface area contributed by atoms with E-state index in [1.165, 1.54) is 230 Å². The van der Waals surface area contributed by atoms with Crippen molar-refractivity contribution in [2.75, 3.05) is 11.5 Å². The molecule has 0 aromatic rings. The highest BCUT2D eigenvalue weighted by molar-refractivity contribution is 7.99. The maximum Gasteiger partial charge on any atom is -0.00675 e. The van der Waals surface area contributed by atoms with Crippen molar-refractivity contribution in [1.82, 2.24) is 0 Å². The van der Waals surface area contributed by atoms with Gasteiger partial charge in [-0.25, -0.2) is 0 Å². The van der Waals surface area contributed by atoms with Gasteiger partial charge < -0.3 is 0 Å². The lowest BCUT2D eigenvalue weighted by atomic mass is 10.0. The largest absolute Gasteiger partial charge is 0.162 e. The second-order valence-electron chi connectivity index (χ2n) is 12.9. The molecule has 0 amide bonds. The summed E-state index contributed by atoms with van der Waals surface area (Å²) < 4.78 is 0. The third-order valence-corrected chi connectivity index (χ3v) is 9.94. The van der Waals surface area contributed by atoms with Gasteiger partial charge in [-0.1, -0.05) is 219 Å². The zero-order valence-electron chi connectivity index (χ0n) is 27.9. The molecule has 0 saturated carbocycles. The van der Waals surface area contributed by atoms with Gasteiger partial charge in [0.15, 0.2) is 0 Å². The minimum atomic E-state index is 1.37. The molecule has 0 aromatic carbocycles. The van der Waals surface area contributed by atoms with Crippen LogP contribution in [0.2, 0.25) is 0 Å².